The van der Waals surface area contributed by atoms with Gasteiger partial charge in [0.15, 0.2) is 0 Å². The van der Waals surface area contributed by atoms with E-state index in [1.54, 1.807) is 18.2 Å². The molecule has 0 fully saturated rings. The number of benzene rings is 2. The van der Waals surface area contributed by atoms with Crippen molar-refractivity contribution in [1.82, 2.24) is 4.90 Å². The molecule has 0 atom stereocenters. The van der Waals surface area contributed by atoms with Crippen LogP contribution in [-0.4, -0.2) is 44.1 Å². The molecule has 0 unspecified atom stereocenters. The molecule has 2 aromatic carbocycles. The maximum atomic E-state index is 13.3. The molecule has 1 aliphatic rings. The van der Waals surface area contributed by atoms with Crippen molar-refractivity contribution in [3.8, 4) is 5.75 Å². The molecule has 0 aromatic heterocycles. The maximum Gasteiger partial charge on any atom is 0.278 e. The minimum absolute atomic E-state index is 0.0916. The van der Waals surface area contributed by atoms with Crippen molar-refractivity contribution in [3.05, 3.63) is 64.6 Å². The van der Waals surface area contributed by atoms with E-state index in [1.165, 1.54) is 38.5 Å². The van der Waals surface area contributed by atoms with Gasteiger partial charge in [-0.05, 0) is 35.9 Å². The summed E-state index contributed by atoms with van der Waals surface area (Å²) in [7, 11) is 2.98. The number of rotatable bonds is 7. The van der Waals surface area contributed by atoms with Crippen LogP contribution in [0.4, 0.5) is 10.1 Å². The van der Waals surface area contributed by atoms with Gasteiger partial charge in [0.25, 0.3) is 11.8 Å². The molecule has 0 saturated heterocycles. The molecule has 6 nitrogen and oxygen atoms in total. The summed E-state index contributed by atoms with van der Waals surface area (Å²) in [5, 5.41) is 3.33. The van der Waals surface area contributed by atoms with E-state index in [1.807, 2.05) is 0 Å². The van der Waals surface area contributed by atoms with E-state index < -0.39 is 17.6 Å². The van der Waals surface area contributed by atoms with Gasteiger partial charge < -0.3 is 14.8 Å². The predicted octanol–water partition coefficient (Wildman–Crippen LogP) is 3.33. The predicted molar refractivity (Wildman–Crippen MR) is 104 cm³/mol. The zero-order chi connectivity index (χ0) is 20.3. The summed E-state index contributed by atoms with van der Waals surface area (Å²) in [5.41, 5.74) is 1.19. The highest BCUT2D eigenvalue weighted by Gasteiger charge is 2.39. The molecule has 0 radical (unpaired) electrons. The molecule has 0 spiro atoms. The van der Waals surface area contributed by atoms with Gasteiger partial charge in [-0.3, -0.25) is 14.5 Å². The summed E-state index contributed by atoms with van der Waals surface area (Å²) in [6.07, 6.45) is 0. The van der Waals surface area contributed by atoms with E-state index >= 15 is 0 Å². The van der Waals surface area contributed by atoms with Crippen molar-refractivity contribution in [2.75, 3.05) is 32.7 Å². The molecule has 0 bridgehead atoms. The molecule has 2 aromatic rings. The Labute approximate surface area is 166 Å². The van der Waals surface area contributed by atoms with E-state index in [-0.39, 0.29) is 24.4 Å². The van der Waals surface area contributed by atoms with Crippen LogP contribution in [0.1, 0.15) is 5.56 Å². The number of hydrogen-bond acceptors (Lipinski definition) is 5. The van der Waals surface area contributed by atoms with Crippen molar-refractivity contribution < 1.29 is 23.5 Å². The molecule has 28 heavy (non-hydrogen) atoms. The molecule has 0 aliphatic carbocycles. The average molecular weight is 405 g/mol. The second-order valence-electron chi connectivity index (χ2n) is 5.99. The molecule has 8 heteroatoms. The summed E-state index contributed by atoms with van der Waals surface area (Å²) < 4.78 is 23.4. The van der Waals surface area contributed by atoms with Crippen molar-refractivity contribution in [3.63, 3.8) is 0 Å². The second kappa shape index (κ2) is 8.41. The lowest BCUT2D eigenvalue weighted by Gasteiger charge is -2.14. The lowest BCUT2D eigenvalue weighted by Crippen LogP contribution is -2.35. The van der Waals surface area contributed by atoms with Crippen LogP contribution in [-0.2, 0) is 14.3 Å². The number of halogens is 2. The van der Waals surface area contributed by atoms with Crippen LogP contribution >= 0.6 is 11.6 Å². The minimum Gasteiger partial charge on any atom is -0.495 e. The van der Waals surface area contributed by atoms with Crippen molar-refractivity contribution >= 4 is 34.7 Å². The molecule has 0 saturated carbocycles. The van der Waals surface area contributed by atoms with Gasteiger partial charge in [0.1, 0.15) is 17.3 Å². The Morgan fingerprint density at radius 1 is 1.07 bits per heavy atom. The number of ether oxygens (including phenoxy) is 2. The fraction of sp³-hybridized carbons (Fsp3) is 0.200. The molecule has 1 heterocycles. The smallest absolute Gasteiger partial charge is 0.278 e. The first-order valence-electron chi connectivity index (χ1n) is 8.42. The van der Waals surface area contributed by atoms with E-state index in [0.29, 0.717) is 22.0 Å². The van der Waals surface area contributed by atoms with Gasteiger partial charge in [0, 0.05) is 12.8 Å². The van der Waals surface area contributed by atoms with Crippen LogP contribution in [0.15, 0.2) is 48.2 Å². The normalized spacial score (nSPS) is 14.1. The van der Waals surface area contributed by atoms with E-state index in [4.69, 9.17) is 21.1 Å². The highest BCUT2D eigenvalue weighted by Crippen LogP contribution is 2.33. The average Bonchev–Trinajstić information content (AvgIpc) is 2.91. The molecular weight excluding hydrogens is 387 g/mol. The quantitative estimate of drug-likeness (QED) is 0.717. The number of hydrogen-bond donors (Lipinski definition) is 1. The van der Waals surface area contributed by atoms with Crippen LogP contribution in [0, 0.1) is 5.82 Å². The third kappa shape index (κ3) is 3.85. The first-order valence-corrected chi connectivity index (χ1v) is 8.80. The van der Waals surface area contributed by atoms with Crippen LogP contribution < -0.4 is 10.1 Å². The van der Waals surface area contributed by atoms with E-state index in [2.05, 4.69) is 5.32 Å². The first-order chi connectivity index (χ1) is 13.5. The molecule has 2 amide bonds. The van der Waals surface area contributed by atoms with Gasteiger partial charge in [-0.25, -0.2) is 4.39 Å². The number of amides is 2. The Morgan fingerprint density at radius 2 is 1.79 bits per heavy atom. The second-order valence-corrected chi connectivity index (χ2v) is 6.39. The third-order valence-corrected chi connectivity index (χ3v) is 4.54. The minimum atomic E-state index is -0.492. The third-order valence-electron chi connectivity index (χ3n) is 4.24. The molecular formula is C20H18ClFN2O4. The number of carbonyl (C=O) groups excluding carboxylic acids is 2. The van der Waals surface area contributed by atoms with Crippen molar-refractivity contribution in [2.45, 2.75) is 0 Å². The lowest BCUT2D eigenvalue weighted by molar-refractivity contribution is -0.137. The SMILES string of the molecule is COCCN1C(=O)C(Nc2ccc(OC)c(Cl)c2)=C(c2ccc(F)cc2)C1=O. The van der Waals surface area contributed by atoms with Crippen molar-refractivity contribution in [1.29, 1.82) is 0 Å². The van der Waals surface area contributed by atoms with Gasteiger partial charge in [-0.2, -0.15) is 0 Å². The Balaban J connectivity index is 2.02. The number of carbonyl (C=O) groups is 2. The molecule has 1 aliphatic heterocycles. The Kier molecular flexibility index (Phi) is 5.96. The Hall–Kier alpha value is -2.90. The summed E-state index contributed by atoms with van der Waals surface area (Å²) in [6, 6.07) is 10.3. The largest absolute Gasteiger partial charge is 0.495 e. The highest BCUT2D eigenvalue weighted by molar-refractivity contribution is 6.36. The van der Waals surface area contributed by atoms with Crippen molar-refractivity contribution in [2.24, 2.45) is 0 Å². The Bertz CT molecular complexity index is 944. The highest BCUT2D eigenvalue weighted by atomic mass is 35.5. The summed E-state index contributed by atoms with van der Waals surface area (Å²) in [4.78, 5) is 26.9. The van der Waals surface area contributed by atoms with Crippen LogP contribution in [0.2, 0.25) is 5.02 Å². The number of imide groups is 1. The molecule has 1 N–H and O–H groups in total. The summed E-state index contributed by atoms with van der Waals surface area (Å²) >= 11 is 6.15. The van der Waals surface area contributed by atoms with Gasteiger partial charge in [0.05, 0.1) is 30.9 Å². The van der Waals surface area contributed by atoms with Crippen LogP contribution in [0.5, 0.6) is 5.75 Å². The zero-order valence-corrected chi connectivity index (χ0v) is 16.0. The Morgan fingerprint density at radius 3 is 2.39 bits per heavy atom. The number of nitrogens with zero attached hydrogens (tertiary/aromatic N) is 1. The van der Waals surface area contributed by atoms with Gasteiger partial charge >= 0.3 is 0 Å². The monoisotopic (exact) mass is 404 g/mol. The first kappa shape index (κ1) is 19.9. The van der Waals surface area contributed by atoms with E-state index in [9.17, 15) is 14.0 Å². The fourth-order valence-corrected chi connectivity index (χ4v) is 3.11. The van der Waals surface area contributed by atoms with Gasteiger partial charge in [0.2, 0.25) is 0 Å². The summed E-state index contributed by atoms with van der Waals surface area (Å²) in [5.74, 6) is -0.923. The van der Waals surface area contributed by atoms with Crippen LogP contribution in [0.25, 0.3) is 5.57 Å². The fourth-order valence-electron chi connectivity index (χ4n) is 2.85. The van der Waals surface area contributed by atoms with Gasteiger partial charge in [-0.1, -0.05) is 23.7 Å². The topological polar surface area (TPSA) is 67.9 Å². The van der Waals surface area contributed by atoms with E-state index in [0.717, 1.165) is 4.90 Å². The lowest BCUT2D eigenvalue weighted by atomic mass is 10.0. The van der Waals surface area contributed by atoms with Gasteiger partial charge in [-0.15, -0.1) is 0 Å². The van der Waals surface area contributed by atoms with Crippen LogP contribution in [0.3, 0.4) is 0 Å². The standard InChI is InChI=1S/C20H18ClFN2O4/c1-27-10-9-24-19(25)17(12-3-5-13(22)6-4-12)18(20(24)26)23-14-7-8-16(28-2)15(21)11-14/h3-8,11,23H,9-10H2,1-2H3. The number of nitrogens with one attached hydrogen (secondary N) is 1. The summed E-state index contributed by atoms with van der Waals surface area (Å²) in [6.45, 7) is 0.309. The number of methoxy groups -OCH3 is 2. The molecule has 146 valence electrons. The maximum absolute atomic E-state index is 13.3. The molecule has 3 rings (SSSR count). The zero-order valence-electron chi connectivity index (χ0n) is 15.3. The number of anilines is 1.